The Bertz CT molecular complexity index is 681. The summed E-state index contributed by atoms with van der Waals surface area (Å²) in [7, 11) is -3.47. The number of sulfonamides is 1. The fourth-order valence-electron chi connectivity index (χ4n) is 2.62. The molecule has 108 valence electrons. The molecule has 3 rings (SSSR count). The Labute approximate surface area is 130 Å². The van der Waals surface area contributed by atoms with E-state index in [-0.39, 0.29) is 12.1 Å². The number of imidazole rings is 1. The fourth-order valence-corrected chi connectivity index (χ4v) is 6.28. The summed E-state index contributed by atoms with van der Waals surface area (Å²) in [5.41, 5.74) is 0. The van der Waals surface area contributed by atoms with Crippen molar-refractivity contribution in [1.82, 2.24) is 14.3 Å². The molecule has 1 aliphatic carbocycles. The van der Waals surface area contributed by atoms with E-state index in [9.17, 15) is 8.42 Å². The van der Waals surface area contributed by atoms with Gasteiger partial charge >= 0.3 is 0 Å². The maximum absolute atomic E-state index is 12.4. The van der Waals surface area contributed by atoms with Gasteiger partial charge in [-0.05, 0) is 46.6 Å². The molecule has 2 aromatic heterocycles. The molecule has 0 amide bonds. The van der Waals surface area contributed by atoms with Crippen LogP contribution in [0.15, 0.2) is 38.8 Å². The molecule has 1 saturated carbocycles. The monoisotopic (exact) mass is 375 g/mol. The van der Waals surface area contributed by atoms with Crippen LogP contribution in [0.5, 0.6) is 0 Å². The third-order valence-electron chi connectivity index (χ3n) is 3.52. The molecule has 1 N–H and O–H groups in total. The zero-order valence-electron chi connectivity index (χ0n) is 10.6. The van der Waals surface area contributed by atoms with Crippen molar-refractivity contribution in [3.05, 3.63) is 34.6 Å². The second-order valence-electron chi connectivity index (χ2n) is 4.79. The van der Waals surface area contributed by atoms with Gasteiger partial charge in [0.25, 0.3) is 10.0 Å². The zero-order valence-corrected chi connectivity index (χ0v) is 13.8. The van der Waals surface area contributed by atoms with Gasteiger partial charge in [0.05, 0.1) is 12.4 Å². The lowest BCUT2D eigenvalue weighted by Crippen LogP contribution is -2.37. The lowest BCUT2D eigenvalue weighted by atomic mass is 10.2. The Morgan fingerprint density at radius 2 is 2.30 bits per heavy atom. The van der Waals surface area contributed by atoms with Crippen LogP contribution in [0.3, 0.4) is 0 Å². The van der Waals surface area contributed by atoms with E-state index in [1.165, 1.54) is 11.3 Å². The Kier molecular flexibility index (Phi) is 3.98. The molecule has 0 bridgehead atoms. The summed E-state index contributed by atoms with van der Waals surface area (Å²) in [5.74, 6) is 0. The molecular formula is C12H14BrN3O2S2. The van der Waals surface area contributed by atoms with Crippen LogP contribution in [-0.4, -0.2) is 24.0 Å². The van der Waals surface area contributed by atoms with Crippen molar-refractivity contribution >= 4 is 37.3 Å². The van der Waals surface area contributed by atoms with Gasteiger partial charge in [-0.1, -0.05) is 0 Å². The standard InChI is InChI=1S/C12H14BrN3O2S2/c13-9-4-7-19-12(9)20(17,18)15-10-2-1-3-11(10)16-6-5-14-8-16/h4-8,10-11,15H,1-3H2. The fraction of sp³-hybridized carbons (Fsp3) is 0.417. The first kappa shape index (κ1) is 14.2. The normalized spacial score (nSPS) is 23.2. The Balaban J connectivity index is 1.82. The molecule has 2 heterocycles. The van der Waals surface area contributed by atoms with Crippen molar-refractivity contribution in [3.8, 4) is 0 Å². The van der Waals surface area contributed by atoms with Crippen LogP contribution >= 0.6 is 27.3 Å². The van der Waals surface area contributed by atoms with Crippen LogP contribution in [0, 0.1) is 0 Å². The van der Waals surface area contributed by atoms with Crippen LogP contribution in [-0.2, 0) is 10.0 Å². The summed E-state index contributed by atoms with van der Waals surface area (Å²) in [5, 5.41) is 1.76. The van der Waals surface area contributed by atoms with Gasteiger partial charge in [0, 0.05) is 22.9 Å². The van der Waals surface area contributed by atoms with Gasteiger partial charge in [0.2, 0.25) is 0 Å². The molecule has 1 fully saturated rings. The molecule has 2 atom stereocenters. The van der Waals surface area contributed by atoms with Crippen molar-refractivity contribution in [1.29, 1.82) is 0 Å². The number of thiophene rings is 1. The number of rotatable bonds is 4. The highest BCUT2D eigenvalue weighted by atomic mass is 79.9. The first-order valence-corrected chi connectivity index (χ1v) is 9.46. The first-order valence-electron chi connectivity index (χ1n) is 6.31. The molecule has 2 aromatic rings. The van der Waals surface area contributed by atoms with Gasteiger partial charge in [-0.15, -0.1) is 11.3 Å². The lowest BCUT2D eigenvalue weighted by molar-refractivity contribution is 0.431. The van der Waals surface area contributed by atoms with Gasteiger partial charge in [0.1, 0.15) is 4.21 Å². The maximum Gasteiger partial charge on any atom is 0.251 e. The molecular weight excluding hydrogens is 362 g/mol. The van der Waals surface area contributed by atoms with Crippen molar-refractivity contribution in [3.63, 3.8) is 0 Å². The van der Waals surface area contributed by atoms with E-state index >= 15 is 0 Å². The van der Waals surface area contributed by atoms with E-state index in [4.69, 9.17) is 0 Å². The van der Waals surface area contributed by atoms with Crippen LogP contribution in [0.1, 0.15) is 25.3 Å². The topological polar surface area (TPSA) is 64.0 Å². The number of aromatic nitrogens is 2. The Morgan fingerprint density at radius 3 is 2.95 bits per heavy atom. The average molecular weight is 376 g/mol. The summed E-state index contributed by atoms with van der Waals surface area (Å²) in [6.45, 7) is 0. The third kappa shape index (κ3) is 2.69. The molecule has 8 heteroatoms. The molecule has 5 nitrogen and oxygen atoms in total. The minimum atomic E-state index is -3.47. The predicted octanol–water partition coefficient (Wildman–Crippen LogP) is 2.78. The Hall–Kier alpha value is -0.700. The molecule has 2 unspecified atom stereocenters. The van der Waals surface area contributed by atoms with Crippen molar-refractivity contribution in [2.24, 2.45) is 0 Å². The largest absolute Gasteiger partial charge is 0.333 e. The van der Waals surface area contributed by atoms with Crippen molar-refractivity contribution in [2.75, 3.05) is 0 Å². The van der Waals surface area contributed by atoms with Crippen molar-refractivity contribution < 1.29 is 8.42 Å². The van der Waals surface area contributed by atoms with E-state index in [1.807, 2.05) is 10.8 Å². The third-order valence-corrected chi connectivity index (χ3v) is 7.68. The van der Waals surface area contributed by atoms with E-state index in [1.54, 1.807) is 24.0 Å². The predicted molar refractivity (Wildman–Crippen MR) is 81.2 cm³/mol. The van der Waals surface area contributed by atoms with Crippen molar-refractivity contribution in [2.45, 2.75) is 35.6 Å². The van der Waals surface area contributed by atoms with E-state index in [0.29, 0.717) is 8.68 Å². The summed E-state index contributed by atoms with van der Waals surface area (Å²) >= 11 is 4.50. The van der Waals surface area contributed by atoms with Crippen LogP contribution in [0.4, 0.5) is 0 Å². The van der Waals surface area contributed by atoms with Crippen LogP contribution in [0.25, 0.3) is 0 Å². The van der Waals surface area contributed by atoms with Gasteiger partial charge in [-0.2, -0.15) is 0 Å². The zero-order chi connectivity index (χ0) is 14.2. The Morgan fingerprint density at radius 1 is 1.45 bits per heavy atom. The van der Waals surface area contributed by atoms with E-state index in [0.717, 1.165) is 19.3 Å². The molecule has 1 aliphatic rings. The highest BCUT2D eigenvalue weighted by Crippen LogP contribution is 2.33. The quantitative estimate of drug-likeness (QED) is 0.893. The smallest absolute Gasteiger partial charge is 0.251 e. The summed E-state index contributed by atoms with van der Waals surface area (Å²) in [4.78, 5) is 4.04. The number of nitrogens with zero attached hydrogens (tertiary/aromatic N) is 2. The SMILES string of the molecule is O=S(=O)(NC1CCCC1n1ccnc1)c1sccc1Br. The van der Waals surface area contributed by atoms with Gasteiger partial charge in [0.15, 0.2) is 0 Å². The number of halogens is 1. The highest BCUT2D eigenvalue weighted by Gasteiger charge is 2.33. The summed E-state index contributed by atoms with van der Waals surface area (Å²) in [6.07, 6.45) is 8.19. The second kappa shape index (κ2) is 5.59. The summed E-state index contributed by atoms with van der Waals surface area (Å²) in [6, 6.07) is 1.82. The van der Waals surface area contributed by atoms with Crippen LogP contribution < -0.4 is 4.72 Å². The lowest BCUT2D eigenvalue weighted by Gasteiger charge is -2.21. The molecule has 0 spiro atoms. The number of hydrogen-bond acceptors (Lipinski definition) is 4. The van der Waals surface area contributed by atoms with Crippen LogP contribution in [0.2, 0.25) is 0 Å². The summed E-state index contributed by atoms with van der Waals surface area (Å²) < 4.78 is 30.6. The average Bonchev–Trinajstić information content (AvgIpc) is 3.07. The minimum absolute atomic E-state index is 0.0804. The first-order chi connectivity index (χ1) is 9.58. The number of hydrogen-bond donors (Lipinski definition) is 1. The highest BCUT2D eigenvalue weighted by molar-refractivity contribution is 9.10. The molecule has 0 aromatic carbocycles. The second-order valence-corrected chi connectivity index (χ2v) is 8.47. The van der Waals surface area contributed by atoms with Gasteiger partial charge in [-0.25, -0.2) is 18.1 Å². The van der Waals surface area contributed by atoms with E-state index < -0.39 is 10.0 Å². The molecule has 0 radical (unpaired) electrons. The van der Waals surface area contributed by atoms with E-state index in [2.05, 4.69) is 25.6 Å². The molecule has 0 saturated heterocycles. The van der Waals surface area contributed by atoms with Gasteiger partial charge in [-0.3, -0.25) is 0 Å². The molecule has 0 aliphatic heterocycles. The number of nitrogens with one attached hydrogen (secondary N) is 1. The maximum atomic E-state index is 12.4. The molecule has 20 heavy (non-hydrogen) atoms. The minimum Gasteiger partial charge on any atom is -0.333 e. The van der Waals surface area contributed by atoms with Gasteiger partial charge < -0.3 is 4.57 Å².